The molecular formula is C6H7N2+. The Labute approximate surface area is 47.2 Å². The van der Waals surface area contributed by atoms with Gasteiger partial charge >= 0.3 is 0 Å². The molecule has 0 radical (unpaired) electrons. The fraction of sp³-hybridized carbons (Fsp3) is 0. The van der Waals surface area contributed by atoms with E-state index in [0.29, 0.717) is 0 Å². The number of aromatic nitrogens is 2. The van der Waals surface area contributed by atoms with Crippen molar-refractivity contribution in [1.82, 2.24) is 9.97 Å². The van der Waals surface area contributed by atoms with Crippen LogP contribution >= 0.6 is 0 Å². The van der Waals surface area contributed by atoms with Gasteiger partial charge < -0.3 is 4.98 Å². The van der Waals surface area contributed by atoms with Crippen LogP contribution in [-0.4, -0.2) is 9.97 Å². The molecule has 2 heteroatoms. The van der Waals surface area contributed by atoms with E-state index in [1.54, 1.807) is 12.4 Å². The highest BCUT2D eigenvalue weighted by Crippen LogP contribution is 1.47. The molecule has 0 saturated heterocycles. The first kappa shape index (κ1) is 4.97. The molecule has 0 aliphatic rings. The molecule has 0 aromatic carbocycles. The van der Waals surface area contributed by atoms with Crippen LogP contribution in [0.5, 0.6) is 0 Å². The minimum absolute atomic E-state index is 0.744. The van der Waals surface area contributed by atoms with Crippen molar-refractivity contribution < 1.29 is 0 Å². The van der Waals surface area contributed by atoms with Crippen molar-refractivity contribution in [3.8, 4) is 0 Å². The molecule has 1 N–H and O–H groups in total. The quantitative estimate of drug-likeness (QED) is 0.445. The van der Waals surface area contributed by atoms with E-state index in [1.807, 2.05) is 0 Å². The summed E-state index contributed by atoms with van der Waals surface area (Å²) < 4.78 is 0. The standard InChI is InChI=1S/C6H7N2/c1-5-3-6(2)8-4-7-5/h3-4H,1-2H2,(H,7,8)/q+1. The lowest BCUT2D eigenvalue weighted by Gasteiger charge is -1.74. The van der Waals surface area contributed by atoms with Gasteiger partial charge in [0, 0.05) is 13.2 Å². The Balaban J connectivity index is 3.50. The zero-order valence-electron chi connectivity index (χ0n) is 4.52. The van der Waals surface area contributed by atoms with Crippen molar-refractivity contribution in [1.29, 1.82) is 0 Å². The summed E-state index contributed by atoms with van der Waals surface area (Å²) in [7, 11) is 0. The molecule has 8 heavy (non-hydrogen) atoms. The monoisotopic (exact) mass is 107 g/mol. The van der Waals surface area contributed by atoms with Crippen LogP contribution in [0, 0.1) is 0 Å². The van der Waals surface area contributed by atoms with Crippen LogP contribution in [0.4, 0.5) is 0 Å². The fourth-order valence-electron chi connectivity index (χ4n) is 0.478. The topological polar surface area (TPSA) is 28.7 Å². The summed E-state index contributed by atoms with van der Waals surface area (Å²) in [5, 5.41) is 1.58. The van der Waals surface area contributed by atoms with Crippen LogP contribution in [-0.2, 0) is 0 Å². The fourth-order valence-corrected chi connectivity index (χ4v) is 0.478. The van der Waals surface area contributed by atoms with Crippen LogP contribution in [0.15, 0.2) is 12.4 Å². The molecule has 1 aromatic heterocycles. The number of H-pyrrole nitrogens is 1. The van der Waals surface area contributed by atoms with Crippen molar-refractivity contribution in [2.45, 2.75) is 0 Å². The molecular weight excluding hydrogens is 100 g/mol. The van der Waals surface area contributed by atoms with E-state index in [-0.39, 0.29) is 0 Å². The maximum absolute atomic E-state index is 3.83. The van der Waals surface area contributed by atoms with Gasteiger partial charge in [-0.2, -0.15) is 0 Å². The van der Waals surface area contributed by atoms with Gasteiger partial charge in [0.15, 0.2) is 5.35 Å². The predicted octanol–water partition coefficient (Wildman–Crippen LogP) is -0.489. The average molecular weight is 107 g/mol. The normalized spacial score (nSPS) is 9.00. The number of nitrogens with zero attached hydrogens (tertiary/aromatic N) is 1. The summed E-state index contributed by atoms with van der Waals surface area (Å²) in [5.41, 5.74) is 0. The van der Waals surface area contributed by atoms with E-state index >= 15 is 0 Å². The Morgan fingerprint density at radius 3 is 2.75 bits per heavy atom. The molecule has 2 nitrogen and oxygen atoms in total. The third-order valence-corrected chi connectivity index (χ3v) is 0.821. The minimum atomic E-state index is 0.744. The second kappa shape index (κ2) is 1.74. The molecule has 40 valence electrons. The van der Waals surface area contributed by atoms with Gasteiger partial charge in [0.2, 0.25) is 0 Å². The lowest BCUT2D eigenvalue weighted by molar-refractivity contribution is 1.10. The Hall–Kier alpha value is -1.18. The smallest absolute Gasteiger partial charge is 0.167 e. The largest absolute Gasteiger partial charge is 0.325 e. The molecule has 0 aliphatic carbocycles. The Kier molecular flexibility index (Phi) is 1.08. The van der Waals surface area contributed by atoms with E-state index in [2.05, 4.69) is 23.1 Å². The molecule has 0 spiro atoms. The Morgan fingerprint density at radius 1 is 1.62 bits per heavy atom. The van der Waals surface area contributed by atoms with Crippen molar-refractivity contribution >= 4 is 13.2 Å². The van der Waals surface area contributed by atoms with Gasteiger partial charge in [-0.3, -0.25) is 0 Å². The van der Waals surface area contributed by atoms with E-state index < -0.39 is 0 Å². The van der Waals surface area contributed by atoms with Crippen molar-refractivity contribution in [3.63, 3.8) is 0 Å². The second-order valence-corrected chi connectivity index (χ2v) is 1.56. The van der Waals surface area contributed by atoms with Crippen LogP contribution < -0.4 is 10.7 Å². The maximum atomic E-state index is 3.83. The highest BCUT2D eigenvalue weighted by Gasteiger charge is 1.78. The minimum Gasteiger partial charge on any atom is -0.325 e. The number of hydrogen-bond acceptors (Lipinski definition) is 1. The van der Waals surface area contributed by atoms with E-state index in [4.69, 9.17) is 0 Å². The zero-order chi connectivity index (χ0) is 5.98. The van der Waals surface area contributed by atoms with E-state index in [0.717, 1.165) is 10.7 Å². The molecule has 0 saturated carbocycles. The number of hydrogen-bond donors (Lipinski definition) is 1. The van der Waals surface area contributed by atoms with E-state index in [9.17, 15) is 0 Å². The molecule has 0 fully saturated rings. The second-order valence-electron chi connectivity index (χ2n) is 1.56. The number of aromatic amines is 1. The molecule has 0 atom stereocenters. The molecule has 1 aromatic rings. The SMILES string of the molecule is C=c1[cH+]c(=C)[nH]cn1. The van der Waals surface area contributed by atoms with Gasteiger partial charge in [-0.1, -0.05) is 0 Å². The molecule has 0 bridgehead atoms. The van der Waals surface area contributed by atoms with Gasteiger partial charge in [0.05, 0.1) is 12.4 Å². The third kappa shape index (κ3) is 0.904. The maximum Gasteiger partial charge on any atom is 0.167 e. The van der Waals surface area contributed by atoms with Crippen LogP contribution in [0.2, 0.25) is 0 Å². The lowest BCUT2D eigenvalue weighted by atomic mass is 10.5. The predicted molar refractivity (Wildman–Crippen MR) is 33.3 cm³/mol. The highest BCUT2D eigenvalue weighted by molar-refractivity contribution is 5.00. The highest BCUT2D eigenvalue weighted by atomic mass is 14.8. The average Bonchev–Trinajstić information content (AvgIpc) is 1.64. The molecule has 1 rings (SSSR count). The molecule has 1 heterocycles. The first-order valence-electron chi connectivity index (χ1n) is 2.30. The van der Waals surface area contributed by atoms with Crippen LogP contribution in [0.3, 0.4) is 0 Å². The van der Waals surface area contributed by atoms with Crippen LogP contribution in [0.25, 0.3) is 13.2 Å². The summed E-state index contributed by atoms with van der Waals surface area (Å²) >= 11 is 0. The Bertz CT molecular complexity index is 241. The number of rotatable bonds is 0. The zero-order valence-corrected chi connectivity index (χ0v) is 4.52. The summed E-state index contributed by atoms with van der Waals surface area (Å²) in [5.74, 6) is 0. The summed E-state index contributed by atoms with van der Waals surface area (Å²) in [6.45, 7) is 7.26. The van der Waals surface area contributed by atoms with Crippen LogP contribution in [0.1, 0.15) is 0 Å². The summed E-state index contributed by atoms with van der Waals surface area (Å²) in [6, 6.07) is 1.78. The summed E-state index contributed by atoms with van der Waals surface area (Å²) in [4.78, 5) is 6.64. The van der Waals surface area contributed by atoms with E-state index in [1.165, 1.54) is 0 Å². The van der Waals surface area contributed by atoms with Gasteiger partial charge in [-0.05, 0) is 0 Å². The van der Waals surface area contributed by atoms with Crippen molar-refractivity contribution in [2.75, 3.05) is 0 Å². The first-order valence-corrected chi connectivity index (χ1v) is 2.30. The molecule has 0 unspecified atom stereocenters. The van der Waals surface area contributed by atoms with Crippen molar-refractivity contribution in [3.05, 3.63) is 23.1 Å². The molecule has 0 amide bonds. The number of nitrogens with one attached hydrogen (secondary N) is 1. The van der Waals surface area contributed by atoms with Gasteiger partial charge in [0.25, 0.3) is 0 Å². The lowest BCUT2D eigenvalue weighted by Crippen LogP contribution is -2.14. The molecule has 0 aliphatic heterocycles. The first-order chi connectivity index (χ1) is 3.79. The van der Waals surface area contributed by atoms with Gasteiger partial charge in [-0.15, -0.1) is 0 Å². The summed E-state index contributed by atoms with van der Waals surface area (Å²) in [6.07, 6.45) is 1.57. The van der Waals surface area contributed by atoms with Gasteiger partial charge in [0.1, 0.15) is 5.35 Å². The van der Waals surface area contributed by atoms with Crippen molar-refractivity contribution in [2.24, 2.45) is 0 Å². The Morgan fingerprint density at radius 2 is 2.38 bits per heavy atom. The third-order valence-electron chi connectivity index (χ3n) is 0.821. The van der Waals surface area contributed by atoms with Gasteiger partial charge in [-0.25, -0.2) is 4.98 Å².